The SMILES string of the molecule is Oc1ccc(P(c2ccccc2)c2ccccc2)c(C2=C(P(c3ccccc3)c3ccccc3)C=CC3OCOC23)c1OCI. The van der Waals surface area contributed by atoms with Crippen LogP contribution in [0.25, 0.3) is 5.57 Å². The first-order valence-corrected chi connectivity index (χ1v) is 19.0. The summed E-state index contributed by atoms with van der Waals surface area (Å²) in [7, 11) is -2.04. The normalized spacial score (nSPS) is 17.6. The minimum absolute atomic E-state index is 0.113. The number of benzene rings is 5. The molecule has 7 heteroatoms. The van der Waals surface area contributed by atoms with E-state index >= 15 is 0 Å². The van der Waals surface area contributed by atoms with Gasteiger partial charge in [0.25, 0.3) is 0 Å². The fraction of sp³-hybridized carbons (Fsp3) is 0.105. The monoisotopic (exact) mass is 740 g/mol. The zero-order valence-electron chi connectivity index (χ0n) is 24.4. The zero-order valence-corrected chi connectivity index (χ0v) is 28.3. The van der Waals surface area contributed by atoms with Crippen molar-refractivity contribution in [3.8, 4) is 11.5 Å². The predicted molar refractivity (Wildman–Crippen MR) is 196 cm³/mol. The summed E-state index contributed by atoms with van der Waals surface area (Å²) < 4.78 is 19.3. The third-order valence-electron chi connectivity index (χ3n) is 7.93. The molecule has 1 aliphatic carbocycles. The molecule has 5 aromatic rings. The van der Waals surface area contributed by atoms with Gasteiger partial charge in [-0.05, 0) is 82.4 Å². The molecule has 0 bridgehead atoms. The van der Waals surface area contributed by atoms with Crippen molar-refractivity contribution in [3.05, 3.63) is 156 Å². The Hall–Kier alpha value is -3.31. The van der Waals surface area contributed by atoms with Gasteiger partial charge in [-0.1, -0.05) is 133 Å². The van der Waals surface area contributed by atoms with E-state index in [1.165, 1.54) is 21.2 Å². The summed E-state index contributed by atoms with van der Waals surface area (Å²) in [5, 5.41) is 18.6. The van der Waals surface area contributed by atoms with Gasteiger partial charge in [0.1, 0.15) is 23.6 Å². The molecule has 1 heterocycles. The minimum atomic E-state index is -1.04. The maximum absolute atomic E-state index is 11.5. The molecule has 4 nitrogen and oxygen atoms in total. The fourth-order valence-electron chi connectivity index (χ4n) is 6.04. The van der Waals surface area contributed by atoms with E-state index in [4.69, 9.17) is 14.2 Å². The van der Waals surface area contributed by atoms with Crippen LogP contribution in [-0.4, -0.2) is 28.7 Å². The van der Waals surface area contributed by atoms with Crippen molar-refractivity contribution in [2.24, 2.45) is 0 Å². The topological polar surface area (TPSA) is 47.9 Å². The molecular formula is C38H31IO4P2. The van der Waals surface area contributed by atoms with Crippen LogP contribution in [-0.2, 0) is 9.47 Å². The summed E-state index contributed by atoms with van der Waals surface area (Å²) in [5.41, 5.74) is 1.91. The summed E-state index contributed by atoms with van der Waals surface area (Å²) in [4.78, 5) is 0. The molecular weight excluding hydrogens is 709 g/mol. The number of alkyl halides is 1. The molecule has 7 rings (SSSR count). The van der Waals surface area contributed by atoms with E-state index < -0.39 is 15.8 Å². The summed E-state index contributed by atoms with van der Waals surface area (Å²) in [5.74, 6) is 0.594. The van der Waals surface area contributed by atoms with E-state index in [1.54, 1.807) is 6.07 Å². The van der Waals surface area contributed by atoms with Crippen LogP contribution in [0.4, 0.5) is 0 Å². The first-order chi connectivity index (χ1) is 22.2. The number of aromatic hydroxyl groups is 1. The van der Waals surface area contributed by atoms with Crippen LogP contribution in [0.2, 0.25) is 0 Å². The second kappa shape index (κ2) is 14.0. The van der Waals surface area contributed by atoms with Crippen LogP contribution in [0.15, 0.2) is 151 Å². The lowest BCUT2D eigenvalue weighted by Crippen LogP contribution is -2.31. The number of halogens is 1. The number of rotatable bonds is 9. The third kappa shape index (κ3) is 6.13. The van der Waals surface area contributed by atoms with Crippen molar-refractivity contribution in [2.45, 2.75) is 12.2 Å². The zero-order chi connectivity index (χ0) is 30.6. The van der Waals surface area contributed by atoms with Crippen molar-refractivity contribution in [1.29, 1.82) is 0 Å². The van der Waals surface area contributed by atoms with E-state index in [0.29, 0.717) is 10.4 Å². The van der Waals surface area contributed by atoms with Gasteiger partial charge in [-0.2, -0.15) is 0 Å². The van der Waals surface area contributed by atoms with Crippen molar-refractivity contribution in [2.75, 3.05) is 11.4 Å². The van der Waals surface area contributed by atoms with Crippen LogP contribution >= 0.6 is 38.4 Å². The number of fused-ring (bicyclic) bond motifs is 1. The maximum atomic E-state index is 11.5. The minimum Gasteiger partial charge on any atom is -0.504 e. The van der Waals surface area contributed by atoms with Gasteiger partial charge in [0.15, 0.2) is 11.5 Å². The highest BCUT2D eigenvalue weighted by molar-refractivity contribution is 14.1. The van der Waals surface area contributed by atoms with Crippen molar-refractivity contribution in [3.63, 3.8) is 0 Å². The van der Waals surface area contributed by atoms with Gasteiger partial charge in [0.2, 0.25) is 0 Å². The first-order valence-electron chi connectivity index (χ1n) is 14.8. The molecule has 1 saturated heterocycles. The Morgan fingerprint density at radius 1 is 0.667 bits per heavy atom. The summed E-state index contributed by atoms with van der Waals surface area (Å²) in [6, 6.07) is 46.5. The number of allylic oxidation sites excluding steroid dienone is 2. The van der Waals surface area contributed by atoms with Gasteiger partial charge < -0.3 is 19.3 Å². The molecule has 0 aromatic heterocycles. The van der Waals surface area contributed by atoms with Gasteiger partial charge in [-0.25, -0.2) is 0 Å². The highest BCUT2D eigenvalue weighted by Gasteiger charge is 2.41. The Labute approximate surface area is 280 Å². The van der Waals surface area contributed by atoms with Crippen molar-refractivity contribution < 1.29 is 19.3 Å². The van der Waals surface area contributed by atoms with E-state index in [2.05, 4.69) is 162 Å². The predicted octanol–water partition coefficient (Wildman–Crippen LogP) is 7.08. The van der Waals surface area contributed by atoms with Gasteiger partial charge in [-0.3, -0.25) is 0 Å². The second-order valence-corrected chi connectivity index (χ2v) is 15.6. The molecule has 0 saturated carbocycles. The Balaban J connectivity index is 1.58. The van der Waals surface area contributed by atoms with Gasteiger partial charge in [-0.15, -0.1) is 0 Å². The first kappa shape index (κ1) is 30.3. The molecule has 45 heavy (non-hydrogen) atoms. The van der Waals surface area contributed by atoms with Crippen LogP contribution in [0.3, 0.4) is 0 Å². The fourth-order valence-corrected chi connectivity index (χ4v) is 11.3. The lowest BCUT2D eigenvalue weighted by Gasteiger charge is -2.33. The van der Waals surface area contributed by atoms with Crippen molar-refractivity contribution in [1.82, 2.24) is 0 Å². The lowest BCUT2D eigenvalue weighted by atomic mass is 9.91. The quantitative estimate of drug-likeness (QED) is 0.0999. The van der Waals surface area contributed by atoms with E-state index in [0.717, 1.165) is 21.8 Å². The Morgan fingerprint density at radius 2 is 1.18 bits per heavy atom. The molecule has 5 aromatic carbocycles. The van der Waals surface area contributed by atoms with Gasteiger partial charge in [0, 0.05) is 11.1 Å². The molecule has 1 aliphatic heterocycles. The van der Waals surface area contributed by atoms with Gasteiger partial charge in [0.05, 0.1) is 0 Å². The highest BCUT2D eigenvalue weighted by Crippen LogP contribution is 2.54. The van der Waals surface area contributed by atoms with Crippen molar-refractivity contribution >= 4 is 70.5 Å². The number of hydrogen-bond acceptors (Lipinski definition) is 4. The van der Waals surface area contributed by atoms with E-state index in [1.807, 2.05) is 0 Å². The molecule has 0 radical (unpaired) electrons. The number of ether oxygens (including phenoxy) is 3. The van der Waals surface area contributed by atoms with Crippen LogP contribution in [0.1, 0.15) is 5.56 Å². The molecule has 1 N–H and O–H groups in total. The summed E-state index contributed by atoms with van der Waals surface area (Å²) >= 11 is 2.21. The maximum Gasteiger partial charge on any atom is 0.170 e. The van der Waals surface area contributed by atoms with Crippen LogP contribution in [0.5, 0.6) is 11.5 Å². The largest absolute Gasteiger partial charge is 0.504 e. The molecule has 2 atom stereocenters. The molecule has 224 valence electrons. The standard InChI is InChI=1S/C38H31IO4P2/c39-25-41-37-31(40)21-23-33(44(27-13-5-1-6-14-27)28-15-7-2-8-16-28)35(37)36-34(24-22-32-38(36)43-26-42-32)45(29-17-9-3-10-18-29)30-19-11-4-12-20-30/h1-24,32,38,40H,25-26H2. The molecule has 2 unspecified atom stereocenters. The van der Waals surface area contributed by atoms with E-state index in [-0.39, 0.29) is 24.8 Å². The lowest BCUT2D eigenvalue weighted by molar-refractivity contribution is 0.0514. The Morgan fingerprint density at radius 3 is 1.69 bits per heavy atom. The van der Waals surface area contributed by atoms with E-state index in [9.17, 15) is 5.11 Å². The Kier molecular flexibility index (Phi) is 9.43. The van der Waals surface area contributed by atoms with Crippen LogP contribution < -0.4 is 31.3 Å². The average molecular weight is 741 g/mol. The Bertz CT molecular complexity index is 1740. The smallest absolute Gasteiger partial charge is 0.170 e. The molecule has 0 spiro atoms. The molecule has 2 aliphatic rings. The van der Waals surface area contributed by atoms with Gasteiger partial charge >= 0.3 is 0 Å². The number of hydrogen-bond donors (Lipinski definition) is 1. The third-order valence-corrected chi connectivity index (χ3v) is 13.2. The summed E-state index contributed by atoms with van der Waals surface area (Å²) in [6.07, 6.45) is 3.76. The van der Waals surface area contributed by atoms with Crippen LogP contribution in [0, 0.1) is 0 Å². The summed E-state index contributed by atoms with van der Waals surface area (Å²) in [6.45, 7) is 0.202. The molecule has 0 amide bonds. The highest BCUT2D eigenvalue weighted by atomic mass is 127. The number of phenols is 1. The number of phenolic OH excluding ortho intramolecular Hbond substituents is 1. The molecule has 1 fully saturated rings. The second-order valence-electron chi connectivity index (χ2n) is 10.6. The average Bonchev–Trinajstić information content (AvgIpc) is 3.58.